The first-order valence-electron chi connectivity index (χ1n) is 10.7. The van der Waals surface area contributed by atoms with Crippen LogP contribution in [0.1, 0.15) is 24.6 Å². The van der Waals surface area contributed by atoms with E-state index in [9.17, 15) is 13.2 Å². The molecule has 0 aliphatic carbocycles. The average molecular weight is 505 g/mol. The van der Waals surface area contributed by atoms with Crippen LogP contribution >= 0.6 is 11.9 Å². The van der Waals surface area contributed by atoms with E-state index in [0.717, 1.165) is 24.4 Å². The van der Waals surface area contributed by atoms with Gasteiger partial charge in [-0.15, -0.1) is 0 Å². The Morgan fingerprint density at radius 3 is 2.63 bits per heavy atom. The fraction of sp³-hybridized carbons (Fsp3) is 0.250. The van der Waals surface area contributed by atoms with E-state index in [1.807, 2.05) is 6.92 Å². The Bertz CT molecular complexity index is 1260. The van der Waals surface area contributed by atoms with Crippen LogP contribution in [0.25, 0.3) is 16.3 Å². The summed E-state index contributed by atoms with van der Waals surface area (Å²) in [6.45, 7) is 2.68. The van der Waals surface area contributed by atoms with Gasteiger partial charge in [-0.25, -0.2) is 23.1 Å². The number of anilines is 2. The van der Waals surface area contributed by atoms with Crippen molar-refractivity contribution in [3.8, 4) is 5.75 Å². The molecule has 0 aliphatic rings. The van der Waals surface area contributed by atoms with Crippen LogP contribution in [0, 0.1) is 12.7 Å². The maximum Gasteiger partial charge on any atom is 0.246 e. The Morgan fingerprint density at radius 1 is 1.20 bits per heavy atom. The number of halogens is 3. The zero-order valence-corrected chi connectivity index (χ0v) is 20.3. The molecule has 0 spiro atoms. The van der Waals surface area contributed by atoms with Crippen LogP contribution < -0.4 is 26.2 Å². The highest BCUT2D eigenvalue weighted by molar-refractivity contribution is 8.00. The minimum absolute atomic E-state index is 0.0291. The van der Waals surface area contributed by atoms with Gasteiger partial charge in [0.1, 0.15) is 11.6 Å². The smallest absolute Gasteiger partial charge is 0.246 e. The quantitative estimate of drug-likeness (QED) is 0.126. The minimum Gasteiger partial charge on any atom is -0.440 e. The van der Waals surface area contributed by atoms with Gasteiger partial charge in [-0.3, -0.25) is 0 Å². The van der Waals surface area contributed by atoms with Crippen molar-refractivity contribution < 1.29 is 17.9 Å². The maximum absolute atomic E-state index is 14.7. The monoisotopic (exact) mass is 504 g/mol. The van der Waals surface area contributed by atoms with Crippen molar-refractivity contribution in [1.82, 2.24) is 9.97 Å². The van der Waals surface area contributed by atoms with Gasteiger partial charge in [0, 0.05) is 36.2 Å². The second-order valence-corrected chi connectivity index (χ2v) is 8.66. The van der Waals surface area contributed by atoms with Crippen LogP contribution in [0.2, 0.25) is 0 Å². The number of aromatic nitrogens is 2. The predicted octanol–water partition coefficient (Wildman–Crippen LogP) is 5.40. The van der Waals surface area contributed by atoms with Gasteiger partial charge in [0.15, 0.2) is 5.88 Å². The van der Waals surface area contributed by atoms with Gasteiger partial charge < -0.3 is 26.2 Å². The van der Waals surface area contributed by atoms with Crippen LogP contribution in [-0.4, -0.2) is 28.7 Å². The summed E-state index contributed by atoms with van der Waals surface area (Å²) in [5.41, 5.74) is 13.8. The standard InChI is InChI=1S/C24H27F3N6OS/c1-14-4-5-15-16(6-7-18(25)20(15)33-35-13-10-24(2,26)27)21(14)34-22(29)17(8-11-28)19-9-12-31-23(30-3)32-19/h4-9,11-12,33H,10,13,28-29H2,1-3H3,(H,30,31,32)/b11-8-,22-17-. The fourth-order valence-electron chi connectivity index (χ4n) is 3.24. The molecule has 0 aliphatic heterocycles. The summed E-state index contributed by atoms with van der Waals surface area (Å²) < 4.78 is 49.8. The van der Waals surface area contributed by atoms with Crippen LogP contribution in [0.5, 0.6) is 5.75 Å². The molecule has 3 rings (SSSR count). The topological polar surface area (TPSA) is 111 Å². The van der Waals surface area contributed by atoms with Crippen LogP contribution in [0.4, 0.5) is 24.8 Å². The Morgan fingerprint density at radius 2 is 1.94 bits per heavy atom. The Labute approximate surface area is 206 Å². The number of benzene rings is 2. The second kappa shape index (κ2) is 11.2. The van der Waals surface area contributed by atoms with Crippen molar-refractivity contribution in [2.75, 3.05) is 22.8 Å². The third-order valence-electron chi connectivity index (χ3n) is 5.01. The van der Waals surface area contributed by atoms with Crippen molar-refractivity contribution in [2.45, 2.75) is 26.2 Å². The number of fused-ring (bicyclic) bond motifs is 1. The van der Waals surface area contributed by atoms with Gasteiger partial charge in [0.05, 0.1) is 17.0 Å². The molecule has 0 radical (unpaired) electrons. The minimum atomic E-state index is -2.79. The molecule has 0 amide bonds. The van der Waals surface area contributed by atoms with E-state index >= 15 is 0 Å². The second-order valence-electron chi connectivity index (χ2n) is 7.75. The highest BCUT2D eigenvalue weighted by Gasteiger charge is 2.21. The first kappa shape index (κ1) is 26.0. The summed E-state index contributed by atoms with van der Waals surface area (Å²) in [7, 11) is 1.69. The highest BCUT2D eigenvalue weighted by Crippen LogP contribution is 2.37. The zero-order valence-electron chi connectivity index (χ0n) is 19.5. The number of hydrogen-bond donors (Lipinski definition) is 4. The first-order valence-corrected chi connectivity index (χ1v) is 11.7. The largest absolute Gasteiger partial charge is 0.440 e. The average Bonchev–Trinajstić information content (AvgIpc) is 2.82. The van der Waals surface area contributed by atoms with Crippen LogP contribution in [0.15, 0.2) is 54.7 Å². The Kier molecular flexibility index (Phi) is 8.34. The summed E-state index contributed by atoms with van der Waals surface area (Å²) >= 11 is 1.01. The van der Waals surface area contributed by atoms with Crippen LogP contribution in [0.3, 0.4) is 0 Å². The lowest BCUT2D eigenvalue weighted by Crippen LogP contribution is -2.12. The summed E-state index contributed by atoms with van der Waals surface area (Å²) in [5.74, 6) is -2.36. The summed E-state index contributed by atoms with van der Waals surface area (Å²) in [4.78, 5) is 8.47. The maximum atomic E-state index is 14.7. The first-order chi connectivity index (χ1) is 16.6. The third kappa shape index (κ3) is 6.50. The zero-order chi connectivity index (χ0) is 25.6. The molecular formula is C24H27F3N6OS. The summed E-state index contributed by atoms with van der Waals surface area (Å²) in [6, 6.07) is 8.04. The lowest BCUT2D eigenvalue weighted by Gasteiger charge is -2.17. The van der Waals surface area contributed by atoms with Gasteiger partial charge in [0.25, 0.3) is 0 Å². The van der Waals surface area contributed by atoms with Gasteiger partial charge in [-0.2, -0.15) is 0 Å². The molecule has 0 bridgehead atoms. The van der Waals surface area contributed by atoms with E-state index < -0.39 is 11.7 Å². The fourth-order valence-corrected chi connectivity index (χ4v) is 4.15. The number of alkyl halides is 2. The molecule has 3 aromatic rings. The summed E-state index contributed by atoms with van der Waals surface area (Å²) in [5, 5.41) is 3.97. The molecule has 0 saturated carbocycles. The number of rotatable bonds is 10. The van der Waals surface area contributed by atoms with E-state index in [-0.39, 0.29) is 23.7 Å². The molecule has 35 heavy (non-hydrogen) atoms. The molecule has 1 heterocycles. The molecular weight excluding hydrogens is 477 g/mol. The molecule has 186 valence electrons. The van der Waals surface area contributed by atoms with E-state index in [1.165, 1.54) is 12.3 Å². The predicted molar refractivity (Wildman–Crippen MR) is 137 cm³/mol. The normalized spacial score (nSPS) is 12.6. The van der Waals surface area contributed by atoms with Crippen molar-refractivity contribution in [1.29, 1.82) is 0 Å². The van der Waals surface area contributed by atoms with Crippen molar-refractivity contribution in [3.63, 3.8) is 0 Å². The number of nitrogens with one attached hydrogen (secondary N) is 2. The molecule has 6 N–H and O–H groups in total. The van der Waals surface area contributed by atoms with E-state index in [2.05, 4.69) is 20.0 Å². The van der Waals surface area contributed by atoms with E-state index in [1.54, 1.807) is 43.6 Å². The SMILES string of the molecule is CNc1nccc(C(/C=C\N)=C(/N)Oc2c(C)ccc3c(NSCCC(C)(F)F)c(F)ccc23)n1. The Balaban J connectivity index is 2.01. The number of ether oxygens (including phenoxy) is 1. The number of allylic oxidation sites excluding steroid dienone is 2. The van der Waals surface area contributed by atoms with E-state index in [0.29, 0.717) is 33.7 Å². The van der Waals surface area contributed by atoms with Gasteiger partial charge in [-0.05, 0) is 49.9 Å². The lowest BCUT2D eigenvalue weighted by molar-refractivity contribution is 0.0194. The molecule has 11 heteroatoms. The number of nitrogens with two attached hydrogens (primary N) is 2. The van der Waals surface area contributed by atoms with Gasteiger partial charge in [-0.1, -0.05) is 24.1 Å². The van der Waals surface area contributed by atoms with Crippen molar-refractivity contribution >= 4 is 39.9 Å². The Hall–Kier alpha value is -3.60. The van der Waals surface area contributed by atoms with Gasteiger partial charge in [0.2, 0.25) is 11.9 Å². The van der Waals surface area contributed by atoms with Crippen molar-refractivity contribution in [3.05, 3.63) is 71.8 Å². The van der Waals surface area contributed by atoms with E-state index in [4.69, 9.17) is 16.2 Å². The highest BCUT2D eigenvalue weighted by atomic mass is 32.2. The molecule has 0 saturated heterocycles. The molecule has 0 atom stereocenters. The van der Waals surface area contributed by atoms with Crippen molar-refractivity contribution in [2.24, 2.45) is 11.5 Å². The molecule has 0 unspecified atom stereocenters. The molecule has 7 nitrogen and oxygen atoms in total. The lowest BCUT2D eigenvalue weighted by atomic mass is 10.0. The molecule has 0 fully saturated rings. The molecule has 1 aromatic heterocycles. The summed E-state index contributed by atoms with van der Waals surface area (Å²) in [6.07, 6.45) is 4.12. The van der Waals surface area contributed by atoms with Crippen LogP contribution in [-0.2, 0) is 0 Å². The van der Waals surface area contributed by atoms with Gasteiger partial charge >= 0.3 is 0 Å². The number of aryl methyl sites for hydroxylation is 1. The third-order valence-corrected chi connectivity index (χ3v) is 5.77. The number of nitrogens with zero attached hydrogens (tertiary/aromatic N) is 2. The molecule has 2 aromatic carbocycles. The number of hydrogen-bond acceptors (Lipinski definition) is 8.